The second kappa shape index (κ2) is 13.5. The van der Waals surface area contributed by atoms with Gasteiger partial charge in [0.15, 0.2) is 5.96 Å². The first kappa shape index (κ1) is 25.4. The van der Waals surface area contributed by atoms with E-state index < -0.39 is 0 Å². The van der Waals surface area contributed by atoms with Crippen LogP contribution in [0.1, 0.15) is 24.5 Å². The normalized spacial score (nSPS) is 11.9. The molecule has 0 aliphatic carbocycles. The van der Waals surface area contributed by atoms with Crippen LogP contribution in [0.25, 0.3) is 0 Å². The Morgan fingerprint density at radius 3 is 2.59 bits per heavy atom. The van der Waals surface area contributed by atoms with Crippen LogP contribution in [-0.4, -0.2) is 34.7 Å². The van der Waals surface area contributed by atoms with Crippen LogP contribution in [0.4, 0.5) is 5.69 Å². The molecule has 1 unspecified atom stereocenters. The summed E-state index contributed by atoms with van der Waals surface area (Å²) in [5, 5.41) is 13.7. The highest BCUT2D eigenvalue weighted by atomic mass is 127. The number of guanidine groups is 1. The highest BCUT2D eigenvalue weighted by Crippen LogP contribution is 2.11. The number of aromatic nitrogens is 2. The third-order valence-corrected chi connectivity index (χ3v) is 4.85. The third-order valence-electron chi connectivity index (χ3n) is 4.85. The number of carbonyl (C=O) groups is 1. The minimum Gasteiger partial charge on any atom is -0.354 e. The Morgan fingerprint density at radius 2 is 1.88 bits per heavy atom. The van der Waals surface area contributed by atoms with Crippen molar-refractivity contribution in [2.75, 3.05) is 12.4 Å². The van der Waals surface area contributed by atoms with Gasteiger partial charge in [0.05, 0.1) is 0 Å². The average Bonchev–Trinajstić information content (AvgIpc) is 3.29. The fraction of sp³-hybridized carbons (Fsp3) is 0.292. The molecular formula is C24H31IN6O. The Morgan fingerprint density at radius 1 is 1.09 bits per heavy atom. The maximum Gasteiger partial charge on any atom is 0.246 e. The van der Waals surface area contributed by atoms with Gasteiger partial charge < -0.3 is 16.0 Å². The van der Waals surface area contributed by atoms with E-state index in [1.165, 1.54) is 5.56 Å². The van der Waals surface area contributed by atoms with Gasteiger partial charge in [0, 0.05) is 37.7 Å². The molecule has 0 aliphatic rings. The lowest BCUT2D eigenvalue weighted by atomic mass is 10.1. The van der Waals surface area contributed by atoms with Crippen molar-refractivity contribution >= 4 is 41.5 Å². The van der Waals surface area contributed by atoms with Crippen molar-refractivity contribution in [3.8, 4) is 0 Å². The second-order valence-electron chi connectivity index (χ2n) is 7.45. The van der Waals surface area contributed by atoms with Crippen molar-refractivity contribution in [3.63, 3.8) is 0 Å². The summed E-state index contributed by atoms with van der Waals surface area (Å²) < 4.78 is 1.59. The van der Waals surface area contributed by atoms with E-state index in [4.69, 9.17) is 0 Å². The Balaban J connectivity index is 0.00000363. The predicted molar refractivity (Wildman–Crippen MR) is 140 cm³/mol. The largest absolute Gasteiger partial charge is 0.354 e. The lowest BCUT2D eigenvalue weighted by molar-refractivity contribution is -0.116. The van der Waals surface area contributed by atoms with Gasteiger partial charge in [-0.15, -0.1) is 24.0 Å². The molecule has 32 heavy (non-hydrogen) atoms. The number of aliphatic imine (C=N–C) groups is 1. The van der Waals surface area contributed by atoms with Crippen molar-refractivity contribution in [2.24, 2.45) is 4.99 Å². The first-order valence-electron chi connectivity index (χ1n) is 10.5. The van der Waals surface area contributed by atoms with E-state index in [0.717, 1.165) is 30.1 Å². The Labute approximate surface area is 206 Å². The topological polar surface area (TPSA) is 83.3 Å². The smallest absolute Gasteiger partial charge is 0.246 e. The van der Waals surface area contributed by atoms with Crippen molar-refractivity contribution in [2.45, 2.75) is 38.9 Å². The van der Waals surface area contributed by atoms with Crippen molar-refractivity contribution in [1.82, 2.24) is 20.4 Å². The highest BCUT2D eigenvalue weighted by Gasteiger charge is 2.07. The summed E-state index contributed by atoms with van der Waals surface area (Å²) in [5.41, 5.74) is 3.15. The molecule has 1 aromatic heterocycles. The molecule has 3 rings (SSSR count). The zero-order chi connectivity index (χ0) is 21.9. The van der Waals surface area contributed by atoms with Gasteiger partial charge in [-0.05, 0) is 49.1 Å². The Kier molecular flexibility index (Phi) is 10.7. The predicted octanol–water partition coefficient (Wildman–Crippen LogP) is 3.83. The Hall–Kier alpha value is -2.88. The lowest BCUT2D eigenvalue weighted by Crippen LogP contribution is -2.42. The van der Waals surface area contributed by atoms with Crippen LogP contribution in [-0.2, 0) is 24.3 Å². The number of aryl methyl sites for hydroxylation is 1. The number of nitrogens with one attached hydrogen (secondary N) is 3. The van der Waals surface area contributed by atoms with Crippen LogP contribution >= 0.6 is 24.0 Å². The maximum atomic E-state index is 12.2. The van der Waals surface area contributed by atoms with E-state index in [0.29, 0.717) is 12.6 Å². The van der Waals surface area contributed by atoms with Crippen LogP contribution in [0.2, 0.25) is 0 Å². The molecule has 0 saturated heterocycles. The second-order valence-corrected chi connectivity index (χ2v) is 7.45. The SMILES string of the molecule is CN=C(NCc1cccc(NC(=O)Cn2cccn2)c1)NC(C)CCc1ccccc1.I. The third kappa shape index (κ3) is 8.70. The van der Waals surface area contributed by atoms with Crippen LogP contribution in [0.3, 0.4) is 0 Å². The molecule has 0 spiro atoms. The number of carbonyl (C=O) groups excluding carboxylic acids is 1. The van der Waals surface area contributed by atoms with Gasteiger partial charge in [0.1, 0.15) is 6.54 Å². The molecule has 0 fully saturated rings. The summed E-state index contributed by atoms with van der Waals surface area (Å²) >= 11 is 0. The van der Waals surface area contributed by atoms with Crippen molar-refractivity contribution < 1.29 is 4.79 Å². The van der Waals surface area contributed by atoms with Gasteiger partial charge in [-0.1, -0.05) is 42.5 Å². The van der Waals surface area contributed by atoms with Gasteiger partial charge in [-0.3, -0.25) is 14.5 Å². The molecule has 2 aromatic carbocycles. The van der Waals surface area contributed by atoms with Gasteiger partial charge >= 0.3 is 0 Å². The minimum absolute atomic E-state index is 0. The first-order chi connectivity index (χ1) is 15.1. The number of rotatable bonds is 9. The number of nitrogens with zero attached hydrogens (tertiary/aromatic N) is 3. The molecule has 3 aromatic rings. The summed E-state index contributed by atoms with van der Waals surface area (Å²) in [4.78, 5) is 16.5. The van der Waals surface area contributed by atoms with Crippen LogP contribution in [0.15, 0.2) is 78.0 Å². The first-order valence-corrected chi connectivity index (χ1v) is 10.5. The fourth-order valence-electron chi connectivity index (χ4n) is 3.21. The Bertz CT molecular complexity index is 975. The molecule has 3 N–H and O–H groups in total. The summed E-state index contributed by atoms with van der Waals surface area (Å²) in [6, 6.07) is 20.4. The van der Waals surface area contributed by atoms with Gasteiger partial charge in [0.25, 0.3) is 0 Å². The molecule has 170 valence electrons. The van der Waals surface area contributed by atoms with Crippen LogP contribution < -0.4 is 16.0 Å². The molecule has 1 heterocycles. The number of benzene rings is 2. The van der Waals surface area contributed by atoms with E-state index in [1.807, 2.05) is 30.3 Å². The molecular weight excluding hydrogens is 515 g/mol. The monoisotopic (exact) mass is 546 g/mol. The number of hydrogen-bond donors (Lipinski definition) is 3. The van der Waals surface area contributed by atoms with E-state index in [9.17, 15) is 4.79 Å². The summed E-state index contributed by atoms with van der Waals surface area (Å²) in [6.07, 6.45) is 5.46. The average molecular weight is 546 g/mol. The van der Waals surface area contributed by atoms with Gasteiger partial charge in [-0.25, -0.2) is 0 Å². The van der Waals surface area contributed by atoms with Gasteiger partial charge in [0.2, 0.25) is 5.91 Å². The summed E-state index contributed by atoms with van der Waals surface area (Å²) in [6.45, 7) is 2.95. The quantitative estimate of drug-likeness (QED) is 0.217. The standard InChI is InChI=1S/C24H30N6O.HI/c1-19(12-13-20-8-4-3-5-9-20)28-24(25-2)26-17-21-10-6-11-22(16-21)29-23(31)18-30-15-7-14-27-30;/h3-11,14-16,19H,12-13,17-18H2,1-2H3,(H,29,31)(H2,25,26,28);1H. The van der Waals surface area contributed by atoms with Gasteiger partial charge in [-0.2, -0.15) is 5.10 Å². The minimum atomic E-state index is -0.112. The lowest BCUT2D eigenvalue weighted by Gasteiger charge is -2.18. The molecule has 7 nitrogen and oxygen atoms in total. The molecule has 0 bridgehead atoms. The maximum absolute atomic E-state index is 12.2. The van der Waals surface area contributed by atoms with Crippen molar-refractivity contribution in [1.29, 1.82) is 0 Å². The van der Waals surface area contributed by atoms with E-state index in [-0.39, 0.29) is 36.4 Å². The fourth-order valence-corrected chi connectivity index (χ4v) is 3.21. The number of anilines is 1. The summed E-state index contributed by atoms with van der Waals surface area (Å²) in [7, 11) is 1.77. The van der Waals surface area contributed by atoms with Crippen LogP contribution in [0.5, 0.6) is 0 Å². The van der Waals surface area contributed by atoms with Crippen LogP contribution in [0, 0.1) is 0 Å². The zero-order valence-electron chi connectivity index (χ0n) is 18.5. The number of hydrogen-bond acceptors (Lipinski definition) is 3. The summed E-state index contributed by atoms with van der Waals surface area (Å²) in [5.74, 6) is 0.646. The van der Waals surface area contributed by atoms with E-state index in [1.54, 1.807) is 30.2 Å². The molecule has 0 aliphatic heterocycles. The van der Waals surface area contributed by atoms with Crippen molar-refractivity contribution in [3.05, 3.63) is 84.2 Å². The van der Waals surface area contributed by atoms with E-state index in [2.05, 4.69) is 57.2 Å². The molecule has 0 radical (unpaired) electrons. The number of amides is 1. The number of halogens is 1. The molecule has 0 saturated carbocycles. The highest BCUT2D eigenvalue weighted by molar-refractivity contribution is 14.0. The molecule has 8 heteroatoms. The molecule has 1 atom stereocenters. The van der Waals surface area contributed by atoms with E-state index >= 15 is 0 Å². The zero-order valence-corrected chi connectivity index (χ0v) is 20.8. The molecule has 1 amide bonds.